The third-order valence-electron chi connectivity index (χ3n) is 5.78. The van der Waals surface area contributed by atoms with Gasteiger partial charge in [0, 0.05) is 44.7 Å². The Hall–Kier alpha value is -1.91. The van der Waals surface area contributed by atoms with Gasteiger partial charge in [0.2, 0.25) is 5.91 Å². The molecule has 1 amide bonds. The summed E-state index contributed by atoms with van der Waals surface area (Å²) in [6.45, 7) is 4.55. The molecule has 1 aliphatic heterocycles. The molecule has 25 heavy (non-hydrogen) atoms. The number of hydrogen-bond donors (Lipinski definition) is 1. The first-order valence-electron chi connectivity index (χ1n) is 9.44. The fourth-order valence-electron chi connectivity index (χ4n) is 4.30. The van der Waals surface area contributed by atoms with E-state index in [1.54, 1.807) is 0 Å². The van der Waals surface area contributed by atoms with E-state index in [1.807, 2.05) is 0 Å². The highest BCUT2D eigenvalue weighted by molar-refractivity contribution is 5.85. The smallest absolute Gasteiger partial charge is 0.225 e. The number of carbonyl (C=O) groups is 1. The zero-order chi connectivity index (χ0) is 17.2. The first-order valence-corrected chi connectivity index (χ1v) is 9.44. The summed E-state index contributed by atoms with van der Waals surface area (Å²) >= 11 is 0. The van der Waals surface area contributed by atoms with Crippen LogP contribution < -0.4 is 5.73 Å². The highest BCUT2D eigenvalue weighted by Gasteiger charge is 2.32. The summed E-state index contributed by atoms with van der Waals surface area (Å²) < 4.78 is 0. The van der Waals surface area contributed by atoms with Gasteiger partial charge in [-0.3, -0.25) is 9.69 Å². The second-order valence-electron chi connectivity index (χ2n) is 7.51. The van der Waals surface area contributed by atoms with Crippen molar-refractivity contribution in [3.05, 3.63) is 48.0 Å². The molecule has 1 aliphatic carbocycles. The molecule has 2 aliphatic rings. The summed E-state index contributed by atoms with van der Waals surface area (Å²) in [5.41, 5.74) is 7.34. The maximum Gasteiger partial charge on any atom is 0.225 e. The highest BCUT2D eigenvalue weighted by atomic mass is 16.2. The summed E-state index contributed by atoms with van der Waals surface area (Å²) in [4.78, 5) is 17.2. The van der Waals surface area contributed by atoms with E-state index in [4.69, 9.17) is 5.73 Å². The van der Waals surface area contributed by atoms with Gasteiger partial charge in [-0.2, -0.15) is 0 Å². The minimum atomic E-state index is 0.166. The zero-order valence-corrected chi connectivity index (χ0v) is 14.7. The molecule has 4 rings (SSSR count). The number of piperazine rings is 1. The van der Waals surface area contributed by atoms with E-state index in [-0.39, 0.29) is 12.0 Å². The number of nitrogens with two attached hydrogens (primary N) is 1. The van der Waals surface area contributed by atoms with Crippen LogP contribution in [-0.4, -0.2) is 47.9 Å². The number of amides is 1. The van der Waals surface area contributed by atoms with E-state index < -0.39 is 0 Å². The number of hydrogen-bond acceptors (Lipinski definition) is 3. The van der Waals surface area contributed by atoms with Gasteiger partial charge in [0.1, 0.15) is 0 Å². The lowest BCUT2D eigenvalue weighted by Crippen LogP contribution is -2.49. The number of nitrogens with zero attached hydrogens (tertiary/aromatic N) is 2. The van der Waals surface area contributed by atoms with Crippen LogP contribution >= 0.6 is 0 Å². The van der Waals surface area contributed by atoms with Crippen LogP contribution in [0.5, 0.6) is 0 Å². The van der Waals surface area contributed by atoms with E-state index in [9.17, 15) is 4.79 Å². The van der Waals surface area contributed by atoms with Crippen molar-refractivity contribution in [2.45, 2.75) is 31.8 Å². The predicted octanol–water partition coefficient (Wildman–Crippen LogP) is 2.61. The van der Waals surface area contributed by atoms with E-state index in [2.05, 4.69) is 52.3 Å². The van der Waals surface area contributed by atoms with Gasteiger partial charge in [-0.05, 0) is 35.6 Å². The van der Waals surface area contributed by atoms with Crippen LogP contribution in [0.15, 0.2) is 42.5 Å². The number of fused-ring (bicyclic) bond motifs is 1. The van der Waals surface area contributed by atoms with Crippen molar-refractivity contribution >= 4 is 16.7 Å². The van der Waals surface area contributed by atoms with Crippen molar-refractivity contribution in [3.63, 3.8) is 0 Å². The molecule has 0 spiro atoms. The van der Waals surface area contributed by atoms with Crippen LogP contribution in [0.2, 0.25) is 0 Å². The Labute approximate surface area is 149 Å². The van der Waals surface area contributed by atoms with Crippen LogP contribution in [0.25, 0.3) is 10.8 Å². The Morgan fingerprint density at radius 1 is 1.00 bits per heavy atom. The average molecular weight is 337 g/mol. The molecular formula is C21H27N3O. The Morgan fingerprint density at radius 2 is 1.76 bits per heavy atom. The van der Waals surface area contributed by atoms with Gasteiger partial charge in [0.05, 0.1) is 0 Å². The highest BCUT2D eigenvalue weighted by Crippen LogP contribution is 2.27. The van der Waals surface area contributed by atoms with Gasteiger partial charge in [-0.1, -0.05) is 42.5 Å². The standard InChI is InChI=1S/C21H27N3O/c22-19-9-8-17(14-19)21(25)24-12-10-23(11-13-24)15-18-6-3-5-16-4-1-2-7-20(16)18/h1-7,17,19H,8-15,22H2. The van der Waals surface area contributed by atoms with Crippen molar-refractivity contribution in [2.75, 3.05) is 26.2 Å². The first-order chi connectivity index (χ1) is 12.2. The summed E-state index contributed by atoms with van der Waals surface area (Å²) in [5.74, 6) is 0.498. The second-order valence-corrected chi connectivity index (χ2v) is 7.51. The second kappa shape index (κ2) is 7.14. The molecule has 4 nitrogen and oxygen atoms in total. The quantitative estimate of drug-likeness (QED) is 0.937. The van der Waals surface area contributed by atoms with E-state index in [1.165, 1.54) is 16.3 Å². The van der Waals surface area contributed by atoms with Crippen molar-refractivity contribution < 1.29 is 4.79 Å². The largest absolute Gasteiger partial charge is 0.340 e. The molecule has 1 saturated carbocycles. The van der Waals surface area contributed by atoms with E-state index in [0.29, 0.717) is 5.91 Å². The Kier molecular flexibility index (Phi) is 4.73. The van der Waals surface area contributed by atoms with E-state index in [0.717, 1.165) is 52.0 Å². The lowest BCUT2D eigenvalue weighted by molar-refractivity contribution is -0.137. The van der Waals surface area contributed by atoms with Crippen LogP contribution in [0, 0.1) is 5.92 Å². The molecule has 1 heterocycles. The Morgan fingerprint density at radius 3 is 2.52 bits per heavy atom. The fourth-order valence-corrected chi connectivity index (χ4v) is 4.30. The van der Waals surface area contributed by atoms with Gasteiger partial charge in [0.25, 0.3) is 0 Å². The molecule has 2 N–H and O–H groups in total. The van der Waals surface area contributed by atoms with E-state index >= 15 is 0 Å². The number of rotatable bonds is 3. The molecular weight excluding hydrogens is 310 g/mol. The SMILES string of the molecule is NC1CCC(C(=O)N2CCN(Cc3cccc4ccccc34)CC2)C1. The molecule has 0 bridgehead atoms. The summed E-state index contributed by atoms with van der Waals surface area (Å²) in [6.07, 6.45) is 2.84. The zero-order valence-electron chi connectivity index (χ0n) is 14.7. The lowest BCUT2D eigenvalue weighted by Gasteiger charge is -2.36. The molecule has 2 aromatic rings. The summed E-state index contributed by atoms with van der Waals surface area (Å²) in [5, 5.41) is 2.63. The molecule has 2 fully saturated rings. The maximum absolute atomic E-state index is 12.6. The average Bonchev–Trinajstić information content (AvgIpc) is 3.08. The number of carbonyl (C=O) groups excluding carboxylic acids is 1. The molecule has 2 aromatic carbocycles. The lowest BCUT2D eigenvalue weighted by atomic mass is 10.0. The third kappa shape index (κ3) is 3.55. The minimum Gasteiger partial charge on any atom is -0.340 e. The van der Waals surface area contributed by atoms with Crippen LogP contribution in [0.4, 0.5) is 0 Å². The third-order valence-corrected chi connectivity index (χ3v) is 5.78. The molecule has 2 unspecified atom stereocenters. The van der Waals surface area contributed by atoms with Gasteiger partial charge >= 0.3 is 0 Å². The summed E-state index contributed by atoms with van der Waals surface area (Å²) in [6, 6.07) is 15.3. The normalized spacial score (nSPS) is 24.8. The molecule has 132 valence electrons. The van der Waals surface area contributed by atoms with Crippen molar-refractivity contribution in [1.29, 1.82) is 0 Å². The van der Waals surface area contributed by atoms with Crippen molar-refractivity contribution in [2.24, 2.45) is 11.7 Å². The molecule has 4 heteroatoms. The molecule has 2 atom stereocenters. The van der Waals surface area contributed by atoms with Gasteiger partial charge in [-0.25, -0.2) is 0 Å². The first kappa shape index (κ1) is 16.6. The summed E-state index contributed by atoms with van der Waals surface area (Å²) in [7, 11) is 0. The monoisotopic (exact) mass is 337 g/mol. The Bertz CT molecular complexity index is 746. The van der Waals surface area contributed by atoms with Crippen molar-refractivity contribution in [3.8, 4) is 0 Å². The van der Waals surface area contributed by atoms with Crippen LogP contribution in [-0.2, 0) is 11.3 Å². The molecule has 0 aromatic heterocycles. The van der Waals surface area contributed by atoms with Gasteiger partial charge < -0.3 is 10.6 Å². The molecule has 0 radical (unpaired) electrons. The van der Waals surface area contributed by atoms with Gasteiger partial charge in [0.15, 0.2) is 0 Å². The minimum absolute atomic E-state index is 0.166. The predicted molar refractivity (Wildman–Crippen MR) is 101 cm³/mol. The topological polar surface area (TPSA) is 49.6 Å². The molecule has 1 saturated heterocycles. The van der Waals surface area contributed by atoms with Crippen LogP contribution in [0.3, 0.4) is 0 Å². The van der Waals surface area contributed by atoms with Gasteiger partial charge in [-0.15, -0.1) is 0 Å². The fraction of sp³-hybridized carbons (Fsp3) is 0.476. The maximum atomic E-state index is 12.6. The Balaban J connectivity index is 1.36. The van der Waals surface area contributed by atoms with Crippen molar-refractivity contribution in [1.82, 2.24) is 9.80 Å². The number of benzene rings is 2. The van der Waals surface area contributed by atoms with Crippen LogP contribution in [0.1, 0.15) is 24.8 Å².